The minimum Gasteiger partial charge on any atom is -0.480 e. The van der Waals surface area contributed by atoms with Crippen molar-refractivity contribution in [3.8, 4) is 0 Å². The van der Waals surface area contributed by atoms with Crippen LogP contribution in [-0.2, 0) is 14.3 Å². The zero-order chi connectivity index (χ0) is 15.8. The molecule has 0 radical (unpaired) electrons. The molecule has 0 spiro atoms. The lowest BCUT2D eigenvalue weighted by atomic mass is 9.91. The van der Waals surface area contributed by atoms with E-state index in [2.05, 4.69) is 10.6 Å². The Morgan fingerprint density at radius 3 is 2.67 bits per heavy atom. The number of methoxy groups -OCH3 is 1. The van der Waals surface area contributed by atoms with Crippen molar-refractivity contribution in [3.05, 3.63) is 0 Å². The molecule has 0 saturated carbocycles. The molecule has 2 atom stereocenters. The van der Waals surface area contributed by atoms with E-state index in [0.717, 1.165) is 12.8 Å². The lowest BCUT2D eigenvalue weighted by molar-refractivity contribution is -0.145. The summed E-state index contributed by atoms with van der Waals surface area (Å²) in [5.74, 6) is -1.45. The average Bonchev–Trinajstić information content (AvgIpc) is 2.44. The highest BCUT2D eigenvalue weighted by atomic mass is 16.5. The Kier molecular flexibility index (Phi) is 6.93. The van der Waals surface area contributed by atoms with Gasteiger partial charge in [-0.15, -0.1) is 0 Å². The molecule has 1 fully saturated rings. The van der Waals surface area contributed by atoms with Crippen LogP contribution in [0.2, 0.25) is 0 Å². The first-order valence-electron chi connectivity index (χ1n) is 7.00. The van der Waals surface area contributed by atoms with Crippen molar-refractivity contribution < 1.29 is 24.2 Å². The molecule has 8 heteroatoms. The number of hydrogen-bond donors (Lipinski definition) is 3. The van der Waals surface area contributed by atoms with Gasteiger partial charge in [-0.25, -0.2) is 9.59 Å². The second-order valence-corrected chi connectivity index (χ2v) is 5.10. The smallest absolute Gasteiger partial charge is 0.326 e. The number of rotatable bonds is 6. The van der Waals surface area contributed by atoms with Gasteiger partial charge in [0.05, 0.1) is 13.2 Å². The van der Waals surface area contributed by atoms with Crippen LogP contribution in [0.15, 0.2) is 0 Å². The number of carboxylic acid groups (broad SMARTS) is 1. The van der Waals surface area contributed by atoms with Gasteiger partial charge in [-0.05, 0) is 18.8 Å². The van der Waals surface area contributed by atoms with Crippen LogP contribution in [0.3, 0.4) is 0 Å². The maximum absolute atomic E-state index is 12.0. The summed E-state index contributed by atoms with van der Waals surface area (Å²) < 4.78 is 4.79. The van der Waals surface area contributed by atoms with Crippen LogP contribution < -0.4 is 10.6 Å². The lowest BCUT2D eigenvalue weighted by Crippen LogP contribution is -2.56. The van der Waals surface area contributed by atoms with E-state index in [0.29, 0.717) is 19.7 Å². The molecule has 1 rings (SSSR count). The molecule has 1 heterocycles. The van der Waals surface area contributed by atoms with Crippen molar-refractivity contribution in [3.63, 3.8) is 0 Å². The molecule has 120 valence electrons. The van der Waals surface area contributed by atoms with Crippen LogP contribution in [0.25, 0.3) is 0 Å². The molecule has 0 aromatic heterocycles. The second-order valence-electron chi connectivity index (χ2n) is 5.10. The molecule has 0 aliphatic carbocycles. The number of likely N-dealkylation sites (tertiary alicyclic amines) is 1. The van der Waals surface area contributed by atoms with Crippen molar-refractivity contribution >= 4 is 17.9 Å². The first kappa shape index (κ1) is 17.2. The highest BCUT2D eigenvalue weighted by molar-refractivity contribution is 5.86. The summed E-state index contributed by atoms with van der Waals surface area (Å²) in [5.41, 5.74) is 0. The summed E-state index contributed by atoms with van der Waals surface area (Å²) in [4.78, 5) is 36.1. The summed E-state index contributed by atoms with van der Waals surface area (Å²) in [6, 6.07) is -1.36. The molecule has 3 N–H and O–H groups in total. The number of aliphatic carboxylic acids is 1. The van der Waals surface area contributed by atoms with Gasteiger partial charge in [0.15, 0.2) is 0 Å². The van der Waals surface area contributed by atoms with E-state index in [1.165, 1.54) is 12.0 Å². The molecule has 8 nitrogen and oxygen atoms in total. The van der Waals surface area contributed by atoms with Gasteiger partial charge >= 0.3 is 12.0 Å². The third kappa shape index (κ3) is 5.22. The van der Waals surface area contributed by atoms with Crippen molar-refractivity contribution in [1.29, 1.82) is 0 Å². The van der Waals surface area contributed by atoms with Gasteiger partial charge in [0.2, 0.25) is 5.91 Å². The molecular formula is C13H23N3O5. The zero-order valence-electron chi connectivity index (χ0n) is 12.4. The predicted molar refractivity (Wildman–Crippen MR) is 74.8 cm³/mol. The van der Waals surface area contributed by atoms with E-state index in [4.69, 9.17) is 4.74 Å². The van der Waals surface area contributed by atoms with E-state index in [9.17, 15) is 19.5 Å². The molecule has 1 aliphatic heterocycles. The Morgan fingerprint density at radius 2 is 2.05 bits per heavy atom. The maximum Gasteiger partial charge on any atom is 0.326 e. The fourth-order valence-electron chi connectivity index (χ4n) is 2.40. The molecule has 0 aromatic carbocycles. The topological polar surface area (TPSA) is 108 Å². The van der Waals surface area contributed by atoms with Crippen LogP contribution in [-0.4, -0.2) is 67.3 Å². The molecule has 0 bridgehead atoms. The van der Waals surface area contributed by atoms with E-state index < -0.39 is 18.0 Å². The Balaban J connectivity index is 2.46. The summed E-state index contributed by atoms with van der Waals surface area (Å²) >= 11 is 0. The number of ether oxygens (including phenoxy) is 1. The van der Waals surface area contributed by atoms with Crippen LogP contribution in [0, 0.1) is 5.92 Å². The normalized spacial score (nSPS) is 21.7. The number of amides is 3. The summed E-state index contributed by atoms with van der Waals surface area (Å²) in [6.07, 6.45) is 1.54. The molecule has 21 heavy (non-hydrogen) atoms. The zero-order valence-corrected chi connectivity index (χ0v) is 12.4. The number of hydrogen-bond acceptors (Lipinski definition) is 4. The van der Waals surface area contributed by atoms with E-state index >= 15 is 0 Å². The molecular weight excluding hydrogens is 278 g/mol. The van der Waals surface area contributed by atoms with Crippen molar-refractivity contribution in [1.82, 2.24) is 15.5 Å². The largest absolute Gasteiger partial charge is 0.480 e. The Bertz CT molecular complexity index is 388. The van der Waals surface area contributed by atoms with Gasteiger partial charge in [-0.1, -0.05) is 6.92 Å². The first-order valence-corrected chi connectivity index (χ1v) is 7.00. The number of urea groups is 1. The van der Waals surface area contributed by atoms with Crippen molar-refractivity contribution in [2.45, 2.75) is 25.8 Å². The lowest BCUT2D eigenvalue weighted by Gasteiger charge is -2.37. The number of carbonyl (C=O) groups excluding carboxylic acids is 2. The monoisotopic (exact) mass is 301 g/mol. The van der Waals surface area contributed by atoms with Crippen LogP contribution in [0.4, 0.5) is 4.79 Å². The SMILES string of the molecule is COCCNC(=O)CNC(=O)N1CCCC(C)C1C(=O)O. The van der Waals surface area contributed by atoms with Crippen molar-refractivity contribution in [2.75, 3.05) is 33.4 Å². The minimum absolute atomic E-state index is 0.0995. The number of piperidine rings is 1. The Hall–Kier alpha value is -1.83. The quantitative estimate of drug-likeness (QED) is 0.581. The maximum atomic E-state index is 12.0. The third-order valence-electron chi connectivity index (χ3n) is 3.48. The third-order valence-corrected chi connectivity index (χ3v) is 3.48. The number of nitrogens with zero attached hydrogens (tertiary/aromatic N) is 1. The van der Waals surface area contributed by atoms with Crippen LogP contribution in [0.5, 0.6) is 0 Å². The summed E-state index contributed by atoms with van der Waals surface area (Å²) in [5, 5.41) is 14.3. The summed E-state index contributed by atoms with van der Waals surface area (Å²) in [6.45, 7) is 2.78. The van der Waals surface area contributed by atoms with Gasteiger partial charge in [-0.3, -0.25) is 4.79 Å². The van der Waals surface area contributed by atoms with Gasteiger partial charge in [0, 0.05) is 20.2 Å². The first-order chi connectivity index (χ1) is 9.97. The van der Waals surface area contributed by atoms with Gasteiger partial charge in [0.1, 0.15) is 6.04 Å². The minimum atomic E-state index is -1.01. The Labute approximate surface area is 123 Å². The predicted octanol–water partition coefficient (Wildman–Crippen LogP) is -0.356. The standard InChI is InChI=1S/C13H23N3O5/c1-9-4-3-6-16(11(9)12(18)19)13(20)15-8-10(17)14-5-7-21-2/h9,11H,3-8H2,1-2H3,(H,14,17)(H,15,20)(H,18,19). The fourth-order valence-corrected chi connectivity index (χ4v) is 2.40. The second kappa shape index (κ2) is 8.46. The number of carbonyl (C=O) groups is 3. The number of carboxylic acids is 1. The Morgan fingerprint density at radius 1 is 1.33 bits per heavy atom. The summed E-state index contributed by atoms with van der Waals surface area (Å²) in [7, 11) is 1.53. The highest BCUT2D eigenvalue weighted by Gasteiger charge is 2.37. The number of nitrogens with one attached hydrogen (secondary N) is 2. The molecule has 3 amide bonds. The molecule has 1 saturated heterocycles. The fraction of sp³-hybridized carbons (Fsp3) is 0.769. The van der Waals surface area contributed by atoms with Crippen LogP contribution >= 0.6 is 0 Å². The van der Waals surface area contributed by atoms with Crippen LogP contribution in [0.1, 0.15) is 19.8 Å². The molecule has 1 aliphatic rings. The van der Waals surface area contributed by atoms with E-state index in [1.54, 1.807) is 0 Å². The van der Waals surface area contributed by atoms with E-state index in [1.807, 2.05) is 6.92 Å². The molecule has 2 unspecified atom stereocenters. The highest BCUT2D eigenvalue weighted by Crippen LogP contribution is 2.23. The average molecular weight is 301 g/mol. The van der Waals surface area contributed by atoms with Gasteiger partial charge < -0.3 is 25.4 Å². The van der Waals surface area contributed by atoms with E-state index in [-0.39, 0.29) is 18.4 Å². The van der Waals surface area contributed by atoms with Gasteiger partial charge in [-0.2, -0.15) is 0 Å². The van der Waals surface area contributed by atoms with Gasteiger partial charge in [0.25, 0.3) is 0 Å². The van der Waals surface area contributed by atoms with Crippen molar-refractivity contribution in [2.24, 2.45) is 5.92 Å². The molecule has 0 aromatic rings.